The molecule has 28 heavy (non-hydrogen) atoms. The summed E-state index contributed by atoms with van der Waals surface area (Å²) in [6.45, 7) is 1.56. The number of ether oxygens (including phenoxy) is 1. The summed E-state index contributed by atoms with van der Waals surface area (Å²) in [6.07, 6.45) is -1.52. The van der Waals surface area contributed by atoms with Gasteiger partial charge in [-0.25, -0.2) is 18.5 Å². The van der Waals surface area contributed by atoms with Crippen molar-refractivity contribution in [3.05, 3.63) is 60.0 Å². The van der Waals surface area contributed by atoms with Gasteiger partial charge in [0.25, 0.3) is 0 Å². The van der Waals surface area contributed by atoms with Gasteiger partial charge < -0.3 is 9.30 Å². The van der Waals surface area contributed by atoms with E-state index in [-0.39, 0.29) is 27.7 Å². The number of halogens is 3. The van der Waals surface area contributed by atoms with Crippen LogP contribution in [0.5, 0.6) is 11.5 Å². The molecule has 1 aromatic heterocycles. The normalized spacial score (nSPS) is 12.2. The molecule has 1 heterocycles. The zero-order valence-electron chi connectivity index (χ0n) is 14.9. The van der Waals surface area contributed by atoms with E-state index in [9.17, 15) is 21.6 Å². The molecular formula is C18H16F3N3O3S. The Morgan fingerprint density at radius 2 is 1.89 bits per heavy atom. The monoisotopic (exact) mass is 411 g/mol. The molecule has 2 aromatic carbocycles. The summed E-state index contributed by atoms with van der Waals surface area (Å²) in [6, 6.07) is 7.22. The van der Waals surface area contributed by atoms with E-state index in [0.29, 0.717) is 5.56 Å². The first-order valence-electron chi connectivity index (χ1n) is 7.96. The van der Waals surface area contributed by atoms with Crippen LogP contribution >= 0.6 is 0 Å². The Balaban J connectivity index is 2.20. The van der Waals surface area contributed by atoms with Crippen molar-refractivity contribution in [2.75, 3.05) is 0 Å². The molecule has 0 bridgehead atoms. The third-order valence-electron chi connectivity index (χ3n) is 3.95. The SMILES string of the molecule is Cc1ccc(Oc2cccc(C(F)(F)F)c2)c(-c2cn(C)cn2)c1S(N)(=O)=O. The number of sulfonamides is 1. The van der Waals surface area contributed by atoms with Crippen LogP contribution in [-0.2, 0) is 23.2 Å². The van der Waals surface area contributed by atoms with Crippen molar-refractivity contribution < 1.29 is 26.3 Å². The standard InChI is InChI=1S/C18H16F3N3O3S/c1-11-6-7-15(27-13-5-3-4-12(8-13)18(19,20)21)16(17(11)28(22,25)26)14-9-24(2)10-23-14/h3-10H,1-2H3,(H2,22,25,26). The van der Waals surface area contributed by atoms with Crippen molar-refractivity contribution in [3.63, 3.8) is 0 Å². The lowest BCUT2D eigenvalue weighted by atomic mass is 10.1. The van der Waals surface area contributed by atoms with Crippen LogP contribution in [0, 0.1) is 6.92 Å². The Morgan fingerprint density at radius 3 is 2.46 bits per heavy atom. The molecule has 0 atom stereocenters. The van der Waals surface area contributed by atoms with Gasteiger partial charge in [0.1, 0.15) is 11.5 Å². The average Bonchev–Trinajstić information content (AvgIpc) is 3.00. The van der Waals surface area contributed by atoms with Crippen molar-refractivity contribution in [3.8, 4) is 22.8 Å². The van der Waals surface area contributed by atoms with Crippen molar-refractivity contribution in [2.24, 2.45) is 12.2 Å². The maximum absolute atomic E-state index is 13.0. The molecule has 0 radical (unpaired) electrons. The van der Waals surface area contributed by atoms with E-state index in [1.807, 2.05) is 0 Å². The molecule has 3 rings (SSSR count). The van der Waals surface area contributed by atoms with E-state index in [2.05, 4.69) is 4.98 Å². The molecule has 0 saturated heterocycles. The average molecular weight is 411 g/mol. The number of aryl methyl sites for hydroxylation is 2. The lowest BCUT2D eigenvalue weighted by molar-refractivity contribution is -0.137. The Hall–Kier alpha value is -2.85. The molecule has 0 aliphatic rings. The van der Waals surface area contributed by atoms with E-state index < -0.39 is 21.8 Å². The van der Waals surface area contributed by atoms with Crippen LogP contribution in [0.2, 0.25) is 0 Å². The molecular weight excluding hydrogens is 395 g/mol. The van der Waals surface area contributed by atoms with Gasteiger partial charge in [-0.2, -0.15) is 13.2 Å². The Labute approximate surface area is 159 Å². The number of primary sulfonamides is 1. The number of hydrogen-bond acceptors (Lipinski definition) is 4. The Kier molecular flexibility index (Phi) is 4.94. The van der Waals surface area contributed by atoms with Crippen LogP contribution in [-0.4, -0.2) is 18.0 Å². The fourth-order valence-electron chi connectivity index (χ4n) is 2.77. The molecule has 0 unspecified atom stereocenters. The highest BCUT2D eigenvalue weighted by Gasteiger charge is 2.31. The van der Waals surface area contributed by atoms with Gasteiger partial charge in [0.15, 0.2) is 0 Å². The minimum Gasteiger partial charge on any atom is -0.457 e. The number of alkyl halides is 3. The van der Waals surface area contributed by atoms with E-state index in [1.165, 1.54) is 30.6 Å². The maximum atomic E-state index is 13.0. The predicted molar refractivity (Wildman–Crippen MR) is 96.3 cm³/mol. The van der Waals surface area contributed by atoms with E-state index in [1.54, 1.807) is 24.7 Å². The summed E-state index contributed by atoms with van der Waals surface area (Å²) in [5.41, 5.74) is -0.180. The fourth-order valence-corrected chi connectivity index (χ4v) is 3.77. The van der Waals surface area contributed by atoms with Gasteiger partial charge in [0.2, 0.25) is 10.0 Å². The molecule has 10 heteroatoms. The zero-order chi connectivity index (χ0) is 20.7. The fraction of sp³-hybridized carbons (Fsp3) is 0.167. The number of imidazole rings is 1. The topological polar surface area (TPSA) is 87.2 Å². The minimum absolute atomic E-state index is 0.0210. The molecule has 0 saturated carbocycles. The van der Waals surface area contributed by atoms with Gasteiger partial charge in [-0.05, 0) is 36.8 Å². The van der Waals surface area contributed by atoms with Crippen molar-refractivity contribution >= 4 is 10.0 Å². The molecule has 0 aliphatic carbocycles. The second-order valence-corrected chi connectivity index (χ2v) is 7.68. The summed E-state index contributed by atoms with van der Waals surface area (Å²) >= 11 is 0. The summed E-state index contributed by atoms with van der Waals surface area (Å²) in [4.78, 5) is 3.94. The third kappa shape index (κ3) is 4.02. The van der Waals surface area contributed by atoms with Gasteiger partial charge >= 0.3 is 6.18 Å². The number of nitrogens with two attached hydrogens (primary N) is 1. The van der Waals surface area contributed by atoms with Gasteiger partial charge in [-0.3, -0.25) is 0 Å². The lowest BCUT2D eigenvalue weighted by Crippen LogP contribution is -2.15. The van der Waals surface area contributed by atoms with Gasteiger partial charge in [-0.1, -0.05) is 12.1 Å². The first-order chi connectivity index (χ1) is 13.0. The number of nitrogens with zero attached hydrogens (tertiary/aromatic N) is 2. The van der Waals surface area contributed by atoms with Crippen LogP contribution in [0.25, 0.3) is 11.3 Å². The lowest BCUT2D eigenvalue weighted by Gasteiger charge is -2.16. The highest BCUT2D eigenvalue weighted by Crippen LogP contribution is 2.40. The second kappa shape index (κ2) is 6.95. The first kappa shape index (κ1) is 19.9. The molecule has 0 aliphatic heterocycles. The largest absolute Gasteiger partial charge is 0.457 e. The molecule has 148 valence electrons. The predicted octanol–water partition coefficient (Wildman–Crippen LogP) is 3.85. The number of aromatic nitrogens is 2. The van der Waals surface area contributed by atoms with Crippen molar-refractivity contribution in [1.82, 2.24) is 9.55 Å². The third-order valence-corrected chi connectivity index (χ3v) is 5.05. The van der Waals surface area contributed by atoms with Gasteiger partial charge in [-0.15, -0.1) is 0 Å². The Morgan fingerprint density at radius 1 is 1.18 bits per heavy atom. The molecule has 0 fully saturated rings. The number of rotatable bonds is 4. The van der Waals surface area contributed by atoms with Crippen molar-refractivity contribution in [1.29, 1.82) is 0 Å². The van der Waals surface area contributed by atoms with Gasteiger partial charge in [0.05, 0.1) is 28.0 Å². The molecule has 2 N–H and O–H groups in total. The highest BCUT2D eigenvalue weighted by molar-refractivity contribution is 7.89. The summed E-state index contributed by atoms with van der Waals surface area (Å²) in [5, 5.41) is 5.38. The quantitative estimate of drug-likeness (QED) is 0.706. The summed E-state index contributed by atoms with van der Waals surface area (Å²) < 4.78 is 70.5. The second-order valence-electron chi connectivity index (χ2n) is 6.18. The van der Waals surface area contributed by atoms with Crippen LogP contribution < -0.4 is 9.88 Å². The van der Waals surface area contributed by atoms with Crippen LogP contribution in [0.15, 0.2) is 53.8 Å². The molecule has 3 aromatic rings. The highest BCUT2D eigenvalue weighted by atomic mass is 32.2. The summed E-state index contributed by atoms with van der Waals surface area (Å²) in [5.74, 6) is -0.0797. The van der Waals surface area contributed by atoms with E-state index in [0.717, 1.165) is 12.1 Å². The molecule has 6 nitrogen and oxygen atoms in total. The molecule has 0 amide bonds. The van der Waals surface area contributed by atoms with Gasteiger partial charge in [0, 0.05) is 13.2 Å². The van der Waals surface area contributed by atoms with Crippen LogP contribution in [0.3, 0.4) is 0 Å². The number of benzene rings is 2. The minimum atomic E-state index is -4.54. The zero-order valence-corrected chi connectivity index (χ0v) is 15.7. The molecule has 0 spiro atoms. The summed E-state index contributed by atoms with van der Waals surface area (Å²) in [7, 11) is -2.47. The first-order valence-corrected chi connectivity index (χ1v) is 9.51. The van der Waals surface area contributed by atoms with Crippen LogP contribution in [0.4, 0.5) is 13.2 Å². The Bertz CT molecular complexity index is 1140. The van der Waals surface area contributed by atoms with Crippen molar-refractivity contribution in [2.45, 2.75) is 18.0 Å². The van der Waals surface area contributed by atoms with E-state index in [4.69, 9.17) is 9.88 Å². The number of hydrogen-bond donors (Lipinski definition) is 1. The van der Waals surface area contributed by atoms with Crippen LogP contribution in [0.1, 0.15) is 11.1 Å². The smallest absolute Gasteiger partial charge is 0.416 e. The van der Waals surface area contributed by atoms with E-state index >= 15 is 0 Å². The maximum Gasteiger partial charge on any atom is 0.416 e.